The SMILES string of the molecule is COC(=O)C(C)CN(C)C(=O)CC1CCCCC1. The van der Waals surface area contributed by atoms with Crippen LogP contribution in [0.3, 0.4) is 0 Å². The maximum Gasteiger partial charge on any atom is 0.310 e. The van der Waals surface area contributed by atoms with Crippen LogP contribution < -0.4 is 0 Å². The van der Waals surface area contributed by atoms with Gasteiger partial charge in [-0.05, 0) is 18.8 Å². The molecule has 1 rings (SSSR count). The lowest BCUT2D eigenvalue weighted by Crippen LogP contribution is -2.35. The van der Waals surface area contributed by atoms with Gasteiger partial charge in [-0.15, -0.1) is 0 Å². The molecule has 1 saturated carbocycles. The number of nitrogens with zero attached hydrogens (tertiary/aromatic N) is 1. The molecule has 0 radical (unpaired) electrons. The van der Waals surface area contributed by atoms with Crippen molar-refractivity contribution < 1.29 is 14.3 Å². The number of hydrogen-bond acceptors (Lipinski definition) is 3. The Morgan fingerprint density at radius 3 is 2.44 bits per heavy atom. The lowest BCUT2D eigenvalue weighted by Gasteiger charge is -2.25. The van der Waals surface area contributed by atoms with Crippen molar-refractivity contribution in [3.63, 3.8) is 0 Å². The largest absolute Gasteiger partial charge is 0.469 e. The minimum Gasteiger partial charge on any atom is -0.469 e. The molecule has 0 aromatic carbocycles. The second-order valence-electron chi connectivity index (χ2n) is 5.41. The van der Waals surface area contributed by atoms with Crippen LogP contribution in [0.5, 0.6) is 0 Å². The molecule has 0 N–H and O–H groups in total. The second kappa shape index (κ2) is 7.39. The predicted molar refractivity (Wildman–Crippen MR) is 70.0 cm³/mol. The zero-order valence-corrected chi connectivity index (χ0v) is 11.8. The van der Waals surface area contributed by atoms with Crippen LogP contribution in [-0.4, -0.2) is 37.5 Å². The summed E-state index contributed by atoms with van der Waals surface area (Å²) in [5.41, 5.74) is 0. The minimum atomic E-state index is -0.257. The number of carbonyl (C=O) groups is 2. The van der Waals surface area contributed by atoms with Gasteiger partial charge in [0.1, 0.15) is 0 Å². The third kappa shape index (κ3) is 4.67. The number of esters is 1. The number of ether oxygens (including phenoxy) is 1. The molecule has 1 fully saturated rings. The summed E-state index contributed by atoms with van der Waals surface area (Å²) >= 11 is 0. The van der Waals surface area contributed by atoms with Gasteiger partial charge in [-0.3, -0.25) is 9.59 Å². The maximum atomic E-state index is 12.0. The molecule has 1 amide bonds. The zero-order valence-electron chi connectivity index (χ0n) is 11.8. The molecular weight excluding hydrogens is 230 g/mol. The molecule has 0 aliphatic heterocycles. The van der Waals surface area contributed by atoms with Gasteiger partial charge in [-0.25, -0.2) is 0 Å². The summed E-state index contributed by atoms with van der Waals surface area (Å²) in [6.07, 6.45) is 6.78. The van der Waals surface area contributed by atoms with E-state index in [0.717, 1.165) is 0 Å². The van der Waals surface area contributed by atoms with Gasteiger partial charge in [0.05, 0.1) is 13.0 Å². The van der Waals surface area contributed by atoms with Crippen molar-refractivity contribution >= 4 is 11.9 Å². The Morgan fingerprint density at radius 1 is 1.28 bits per heavy atom. The van der Waals surface area contributed by atoms with Crippen LogP contribution in [0.4, 0.5) is 0 Å². The lowest BCUT2D eigenvalue weighted by molar-refractivity contribution is -0.146. The van der Waals surface area contributed by atoms with E-state index in [1.54, 1.807) is 18.9 Å². The number of carbonyl (C=O) groups excluding carboxylic acids is 2. The molecular formula is C14H25NO3. The van der Waals surface area contributed by atoms with Crippen LogP contribution in [0.1, 0.15) is 45.4 Å². The molecule has 4 nitrogen and oxygen atoms in total. The highest BCUT2D eigenvalue weighted by atomic mass is 16.5. The first-order chi connectivity index (χ1) is 8.54. The molecule has 0 aromatic rings. The van der Waals surface area contributed by atoms with Gasteiger partial charge < -0.3 is 9.64 Å². The Morgan fingerprint density at radius 2 is 1.89 bits per heavy atom. The van der Waals surface area contributed by atoms with Crippen molar-refractivity contribution in [1.29, 1.82) is 0 Å². The molecule has 1 aliphatic carbocycles. The first-order valence-corrected chi connectivity index (χ1v) is 6.86. The van der Waals surface area contributed by atoms with E-state index in [2.05, 4.69) is 4.74 Å². The van der Waals surface area contributed by atoms with E-state index in [1.165, 1.54) is 39.2 Å². The van der Waals surface area contributed by atoms with Gasteiger partial charge in [-0.2, -0.15) is 0 Å². The highest BCUT2D eigenvalue weighted by molar-refractivity contribution is 5.77. The Bertz CT molecular complexity index is 285. The fourth-order valence-corrected chi connectivity index (χ4v) is 2.58. The van der Waals surface area contributed by atoms with Crippen LogP contribution in [0, 0.1) is 11.8 Å². The molecule has 18 heavy (non-hydrogen) atoms. The fourth-order valence-electron chi connectivity index (χ4n) is 2.58. The fraction of sp³-hybridized carbons (Fsp3) is 0.857. The number of rotatable bonds is 5. The van der Waals surface area contributed by atoms with Gasteiger partial charge >= 0.3 is 5.97 Å². The van der Waals surface area contributed by atoms with Gasteiger partial charge in [-0.1, -0.05) is 26.2 Å². The summed E-state index contributed by atoms with van der Waals surface area (Å²) in [6, 6.07) is 0. The van der Waals surface area contributed by atoms with E-state index in [-0.39, 0.29) is 17.8 Å². The molecule has 1 unspecified atom stereocenters. The summed E-state index contributed by atoms with van der Waals surface area (Å²) in [7, 11) is 3.15. The highest BCUT2D eigenvalue weighted by Gasteiger charge is 2.22. The molecule has 0 bridgehead atoms. The summed E-state index contributed by atoms with van der Waals surface area (Å²) in [4.78, 5) is 25.0. The average molecular weight is 255 g/mol. The predicted octanol–water partition coefficient (Wildman–Crippen LogP) is 2.22. The van der Waals surface area contributed by atoms with Crippen molar-refractivity contribution in [1.82, 2.24) is 4.90 Å². The van der Waals surface area contributed by atoms with Gasteiger partial charge in [0, 0.05) is 20.0 Å². The van der Waals surface area contributed by atoms with Crippen molar-refractivity contribution in [2.45, 2.75) is 45.4 Å². The van der Waals surface area contributed by atoms with Crippen molar-refractivity contribution in [3.8, 4) is 0 Å². The van der Waals surface area contributed by atoms with E-state index >= 15 is 0 Å². The van der Waals surface area contributed by atoms with E-state index in [4.69, 9.17) is 0 Å². The lowest BCUT2D eigenvalue weighted by atomic mass is 9.86. The van der Waals surface area contributed by atoms with Gasteiger partial charge in [0.25, 0.3) is 0 Å². The van der Waals surface area contributed by atoms with Crippen LogP contribution in [0.25, 0.3) is 0 Å². The highest BCUT2D eigenvalue weighted by Crippen LogP contribution is 2.26. The molecule has 0 spiro atoms. The van der Waals surface area contributed by atoms with Gasteiger partial charge in [0.15, 0.2) is 0 Å². The van der Waals surface area contributed by atoms with Gasteiger partial charge in [0.2, 0.25) is 5.91 Å². The molecule has 0 heterocycles. The van der Waals surface area contributed by atoms with Crippen LogP contribution >= 0.6 is 0 Å². The first-order valence-electron chi connectivity index (χ1n) is 6.86. The van der Waals surface area contributed by atoms with Crippen LogP contribution in [0.2, 0.25) is 0 Å². The number of hydrogen-bond donors (Lipinski definition) is 0. The summed E-state index contributed by atoms with van der Waals surface area (Å²) < 4.78 is 4.67. The Hall–Kier alpha value is -1.06. The number of methoxy groups -OCH3 is 1. The normalized spacial score (nSPS) is 18.2. The topological polar surface area (TPSA) is 46.6 Å². The summed E-state index contributed by atoms with van der Waals surface area (Å²) in [5, 5.41) is 0. The van der Waals surface area contributed by atoms with E-state index in [1.807, 2.05) is 0 Å². The molecule has 0 saturated heterocycles. The smallest absolute Gasteiger partial charge is 0.310 e. The Kier molecular flexibility index (Phi) is 6.16. The first kappa shape index (κ1) is 15.0. The standard InChI is InChI=1S/C14H25NO3/c1-11(14(17)18-3)10-15(2)13(16)9-12-7-5-4-6-8-12/h11-12H,4-10H2,1-3H3. The van der Waals surface area contributed by atoms with E-state index in [0.29, 0.717) is 18.9 Å². The third-order valence-corrected chi connectivity index (χ3v) is 3.77. The van der Waals surface area contributed by atoms with Crippen LogP contribution in [0.15, 0.2) is 0 Å². The number of amides is 1. The summed E-state index contributed by atoms with van der Waals surface area (Å²) in [6.45, 7) is 2.23. The molecule has 104 valence electrons. The quantitative estimate of drug-likeness (QED) is 0.708. The summed E-state index contributed by atoms with van der Waals surface area (Å²) in [5.74, 6) is 0.183. The Labute approximate surface area is 110 Å². The molecule has 0 aromatic heterocycles. The molecule has 4 heteroatoms. The molecule has 1 aliphatic rings. The van der Waals surface area contributed by atoms with E-state index in [9.17, 15) is 9.59 Å². The van der Waals surface area contributed by atoms with Crippen molar-refractivity contribution in [2.75, 3.05) is 20.7 Å². The average Bonchev–Trinajstić information content (AvgIpc) is 2.38. The van der Waals surface area contributed by atoms with Crippen LogP contribution in [-0.2, 0) is 14.3 Å². The maximum absolute atomic E-state index is 12.0. The van der Waals surface area contributed by atoms with Crippen molar-refractivity contribution in [2.24, 2.45) is 11.8 Å². The van der Waals surface area contributed by atoms with Crippen molar-refractivity contribution in [3.05, 3.63) is 0 Å². The third-order valence-electron chi connectivity index (χ3n) is 3.77. The zero-order chi connectivity index (χ0) is 13.5. The molecule has 1 atom stereocenters. The monoisotopic (exact) mass is 255 g/mol. The second-order valence-corrected chi connectivity index (χ2v) is 5.41. The minimum absolute atomic E-state index is 0.151. The Balaban J connectivity index is 2.33. The van der Waals surface area contributed by atoms with E-state index < -0.39 is 0 Å².